The van der Waals surface area contributed by atoms with Gasteiger partial charge in [0.25, 0.3) is 0 Å². The molecule has 0 aliphatic heterocycles. The molecular formula is C9H7F3N2O2S2. The van der Waals surface area contributed by atoms with Crippen molar-refractivity contribution >= 4 is 34.0 Å². The predicted molar refractivity (Wildman–Crippen MR) is 61.4 cm³/mol. The summed E-state index contributed by atoms with van der Waals surface area (Å²) in [5.41, 5.74) is -0.207. The normalized spacial score (nSPS) is 12.2. The van der Waals surface area contributed by atoms with Crippen LogP contribution in [-0.2, 0) is 6.18 Å². The zero-order valence-electron chi connectivity index (χ0n) is 8.98. The van der Waals surface area contributed by atoms with Gasteiger partial charge in [-0.1, -0.05) is 18.3 Å². The van der Waals surface area contributed by atoms with Crippen LogP contribution in [0.1, 0.15) is 22.3 Å². The first-order valence-corrected chi connectivity index (χ1v) is 6.60. The third-order valence-corrected chi connectivity index (χ3v) is 4.03. The lowest BCUT2D eigenvalue weighted by Crippen LogP contribution is -2.03. The van der Waals surface area contributed by atoms with Crippen LogP contribution in [0.4, 0.5) is 13.2 Å². The number of nitrogens with zero attached hydrogens (tertiary/aromatic N) is 2. The van der Waals surface area contributed by atoms with E-state index >= 15 is 0 Å². The molecule has 0 saturated carbocycles. The van der Waals surface area contributed by atoms with Gasteiger partial charge in [0.2, 0.25) is 0 Å². The Hall–Kier alpha value is -1.22. The van der Waals surface area contributed by atoms with E-state index in [4.69, 9.17) is 5.11 Å². The topological polar surface area (TPSA) is 54.6 Å². The number of carbonyl (C=O) groups is 1. The summed E-state index contributed by atoms with van der Waals surface area (Å²) in [6.45, 7) is 1.78. The standard InChI is InChI=1S/C9H7F3N2O2S2/c1-2-17-6-5(7(15)16)13-8-14(6)3-4(18-8)9(10,11)12/h3H,2H2,1H3,(H,15,16). The van der Waals surface area contributed by atoms with E-state index in [1.807, 2.05) is 0 Å². The Morgan fingerprint density at radius 3 is 2.78 bits per heavy atom. The first-order chi connectivity index (χ1) is 8.34. The minimum Gasteiger partial charge on any atom is -0.476 e. The van der Waals surface area contributed by atoms with Crippen molar-refractivity contribution in [3.63, 3.8) is 0 Å². The monoisotopic (exact) mass is 296 g/mol. The SMILES string of the molecule is CCSc1c(C(=O)O)nc2sc(C(F)(F)F)cn12. The number of thiazole rings is 1. The van der Waals surface area contributed by atoms with Crippen LogP contribution in [0.2, 0.25) is 0 Å². The molecule has 0 bridgehead atoms. The fourth-order valence-electron chi connectivity index (χ4n) is 1.37. The van der Waals surface area contributed by atoms with Crippen molar-refractivity contribution in [2.75, 3.05) is 5.75 Å². The van der Waals surface area contributed by atoms with E-state index in [0.717, 1.165) is 18.0 Å². The van der Waals surface area contributed by atoms with Gasteiger partial charge < -0.3 is 5.11 Å². The number of alkyl halides is 3. The van der Waals surface area contributed by atoms with Gasteiger partial charge in [-0.15, -0.1) is 11.8 Å². The fourth-order valence-corrected chi connectivity index (χ4v) is 3.10. The maximum atomic E-state index is 12.5. The van der Waals surface area contributed by atoms with Gasteiger partial charge in [-0.05, 0) is 5.75 Å². The molecule has 0 atom stereocenters. The number of carboxylic acid groups (broad SMARTS) is 1. The third-order valence-electron chi connectivity index (χ3n) is 2.05. The van der Waals surface area contributed by atoms with Gasteiger partial charge in [0.05, 0.1) is 0 Å². The number of thioether (sulfide) groups is 1. The minimum absolute atomic E-state index is 0.0377. The van der Waals surface area contributed by atoms with E-state index < -0.39 is 17.0 Å². The number of imidazole rings is 1. The average molecular weight is 296 g/mol. The first-order valence-electron chi connectivity index (χ1n) is 4.79. The Kier molecular flexibility index (Phi) is 3.28. The minimum atomic E-state index is -4.44. The smallest absolute Gasteiger partial charge is 0.427 e. The highest BCUT2D eigenvalue weighted by atomic mass is 32.2. The van der Waals surface area contributed by atoms with Gasteiger partial charge in [0.15, 0.2) is 10.7 Å². The van der Waals surface area contributed by atoms with Crippen molar-refractivity contribution in [1.82, 2.24) is 9.38 Å². The molecule has 0 fully saturated rings. The van der Waals surface area contributed by atoms with E-state index in [0.29, 0.717) is 17.1 Å². The highest BCUT2D eigenvalue weighted by Gasteiger charge is 2.34. The lowest BCUT2D eigenvalue weighted by atomic mass is 10.5. The molecule has 0 aliphatic carbocycles. The molecule has 0 saturated heterocycles. The molecule has 18 heavy (non-hydrogen) atoms. The fraction of sp³-hybridized carbons (Fsp3) is 0.333. The molecule has 2 heterocycles. The molecule has 4 nitrogen and oxygen atoms in total. The van der Waals surface area contributed by atoms with E-state index in [1.165, 1.54) is 4.40 Å². The summed E-state index contributed by atoms with van der Waals surface area (Å²) < 4.78 is 38.8. The molecule has 98 valence electrons. The molecule has 2 aromatic rings. The van der Waals surface area contributed by atoms with Gasteiger partial charge in [-0.2, -0.15) is 13.2 Å². The van der Waals surface area contributed by atoms with E-state index in [1.54, 1.807) is 6.92 Å². The summed E-state index contributed by atoms with van der Waals surface area (Å²) >= 11 is 1.58. The van der Waals surface area contributed by atoms with Crippen LogP contribution in [0.5, 0.6) is 0 Å². The number of hydrogen-bond acceptors (Lipinski definition) is 4. The second-order valence-corrected chi connectivity index (χ2v) is 5.51. The van der Waals surface area contributed by atoms with Crippen LogP contribution in [-0.4, -0.2) is 26.2 Å². The van der Waals surface area contributed by atoms with Crippen LogP contribution in [0, 0.1) is 0 Å². The van der Waals surface area contributed by atoms with Crippen molar-refractivity contribution < 1.29 is 23.1 Å². The zero-order valence-corrected chi connectivity index (χ0v) is 10.6. The molecule has 0 aliphatic rings. The van der Waals surface area contributed by atoms with E-state index in [9.17, 15) is 18.0 Å². The van der Waals surface area contributed by atoms with Crippen molar-refractivity contribution in [3.8, 4) is 0 Å². The summed E-state index contributed by atoms with van der Waals surface area (Å²) in [4.78, 5) is 13.9. The lowest BCUT2D eigenvalue weighted by Gasteiger charge is -2.01. The van der Waals surface area contributed by atoms with Crippen molar-refractivity contribution in [3.05, 3.63) is 16.8 Å². The van der Waals surface area contributed by atoms with E-state index in [-0.39, 0.29) is 15.7 Å². The van der Waals surface area contributed by atoms with Crippen molar-refractivity contribution in [1.29, 1.82) is 0 Å². The number of aromatic nitrogens is 2. The number of rotatable bonds is 3. The highest BCUT2D eigenvalue weighted by molar-refractivity contribution is 7.99. The Morgan fingerprint density at radius 2 is 2.28 bits per heavy atom. The van der Waals surface area contributed by atoms with Gasteiger partial charge in [-0.25, -0.2) is 9.78 Å². The average Bonchev–Trinajstić information content (AvgIpc) is 2.76. The molecule has 1 N–H and O–H groups in total. The van der Waals surface area contributed by atoms with Gasteiger partial charge >= 0.3 is 12.1 Å². The van der Waals surface area contributed by atoms with Crippen LogP contribution >= 0.6 is 23.1 Å². The molecule has 0 radical (unpaired) electrons. The highest BCUT2D eigenvalue weighted by Crippen LogP contribution is 2.37. The molecule has 2 rings (SSSR count). The summed E-state index contributed by atoms with van der Waals surface area (Å²) in [5, 5.41) is 9.16. The largest absolute Gasteiger partial charge is 0.476 e. The second-order valence-electron chi connectivity index (χ2n) is 3.25. The molecule has 0 unspecified atom stereocenters. The summed E-state index contributed by atoms with van der Waals surface area (Å²) in [7, 11) is 0. The second kappa shape index (κ2) is 4.47. The van der Waals surface area contributed by atoms with Crippen LogP contribution in [0.25, 0.3) is 4.96 Å². The number of halogens is 3. The molecule has 9 heteroatoms. The number of hydrogen-bond donors (Lipinski definition) is 1. The summed E-state index contributed by atoms with van der Waals surface area (Å²) in [5.74, 6) is -0.693. The maximum Gasteiger partial charge on any atom is 0.427 e. The summed E-state index contributed by atoms with van der Waals surface area (Å²) in [6, 6.07) is 0. The molecule has 2 aromatic heterocycles. The Balaban J connectivity index is 2.62. The van der Waals surface area contributed by atoms with Crippen LogP contribution < -0.4 is 0 Å². The third kappa shape index (κ3) is 2.19. The number of aromatic carboxylic acids is 1. The van der Waals surface area contributed by atoms with Gasteiger partial charge in [0.1, 0.15) is 9.90 Å². The number of carboxylic acids is 1. The maximum absolute atomic E-state index is 12.5. The lowest BCUT2D eigenvalue weighted by molar-refractivity contribution is -0.134. The zero-order chi connectivity index (χ0) is 13.5. The Morgan fingerprint density at radius 1 is 1.61 bits per heavy atom. The van der Waals surface area contributed by atoms with Crippen LogP contribution in [0.15, 0.2) is 11.2 Å². The van der Waals surface area contributed by atoms with Gasteiger partial charge in [-0.3, -0.25) is 4.40 Å². The summed E-state index contributed by atoms with van der Waals surface area (Å²) in [6.07, 6.45) is -3.56. The van der Waals surface area contributed by atoms with Gasteiger partial charge in [0, 0.05) is 6.20 Å². The Bertz CT molecular complexity index is 603. The van der Waals surface area contributed by atoms with E-state index in [2.05, 4.69) is 4.98 Å². The quantitative estimate of drug-likeness (QED) is 0.884. The van der Waals surface area contributed by atoms with Crippen LogP contribution in [0.3, 0.4) is 0 Å². The molecule has 0 spiro atoms. The molecule has 0 aromatic carbocycles. The number of fused-ring (bicyclic) bond motifs is 1. The Labute approximate surface area is 107 Å². The molecule has 0 amide bonds. The first kappa shape index (κ1) is 13.2. The predicted octanol–water partition coefficient (Wildman–Crippen LogP) is 3.22. The molecular weight excluding hydrogens is 289 g/mol. The van der Waals surface area contributed by atoms with Crippen molar-refractivity contribution in [2.24, 2.45) is 0 Å². The van der Waals surface area contributed by atoms with Crippen molar-refractivity contribution in [2.45, 2.75) is 18.1 Å².